The lowest BCUT2D eigenvalue weighted by Gasteiger charge is -2.30. The fraction of sp³-hybridized carbons (Fsp3) is 0.429. The molecular weight excluding hydrogens is 346 g/mol. The Hall–Kier alpha value is -2.23. The molecular formula is C14H16F2N2O5S. The van der Waals surface area contributed by atoms with Crippen molar-refractivity contribution in [2.75, 3.05) is 18.4 Å². The summed E-state index contributed by atoms with van der Waals surface area (Å²) >= 11 is 0. The molecule has 1 aromatic carbocycles. The minimum atomic E-state index is -4.76. The van der Waals surface area contributed by atoms with E-state index in [-0.39, 0.29) is 12.2 Å². The van der Waals surface area contributed by atoms with E-state index in [4.69, 9.17) is 5.11 Å². The summed E-state index contributed by atoms with van der Waals surface area (Å²) in [5.74, 6) is -5.20. The number of urea groups is 1. The Kier molecular flexibility index (Phi) is 5.37. The second-order valence-corrected chi connectivity index (χ2v) is 7.30. The molecule has 0 spiro atoms. The molecule has 0 aromatic heterocycles. The van der Waals surface area contributed by atoms with Gasteiger partial charge in [-0.25, -0.2) is 13.2 Å². The number of anilines is 1. The predicted octanol–water partition coefficient (Wildman–Crippen LogP) is 2.01. The van der Waals surface area contributed by atoms with Crippen molar-refractivity contribution in [3.63, 3.8) is 0 Å². The van der Waals surface area contributed by atoms with Crippen LogP contribution in [0.15, 0.2) is 29.2 Å². The quantitative estimate of drug-likeness (QED) is 0.853. The summed E-state index contributed by atoms with van der Waals surface area (Å²) in [5.41, 5.74) is 0.0409. The standard InChI is InChI=1S/C14H16F2N2O5S/c15-13(16)24(22,23)11-5-1-4-10(7-11)17-14(21)18-6-2-3-9(8-18)12(19)20/h1,4-5,7,9,13H,2-3,6,8H2,(H,17,21)(H,19,20). The Morgan fingerprint density at radius 3 is 2.67 bits per heavy atom. The number of nitrogens with one attached hydrogen (secondary N) is 1. The first kappa shape index (κ1) is 18.1. The lowest BCUT2D eigenvalue weighted by Crippen LogP contribution is -2.44. The maximum Gasteiger partial charge on any atom is 0.341 e. The molecule has 10 heteroatoms. The number of halogens is 2. The van der Waals surface area contributed by atoms with E-state index in [1.807, 2.05) is 0 Å². The van der Waals surface area contributed by atoms with Gasteiger partial charge in [0.25, 0.3) is 0 Å². The molecule has 0 aliphatic carbocycles. The monoisotopic (exact) mass is 362 g/mol. The zero-order chi connectivity index (χ0) is 17.9. The molecule has 1 fully saturated rings. The van der Waals surface area contributed by atoms with E-state index in [1.54, 1.807) is 0 Å². The number of benzene rings is 1. The van der Waals surface area contributed by atoms with E-state index < -0.39 is 38.4 Å². The van der Waals surface area contributed by atoms with Crippen molar-refractivity contribution >= 4 is 27.5 Å². The molecule has 2 amide bonds. The molecule has 0 saturated carbocycles. The maximum absolute atomic E-state index is 12.6. The van der Waals surface area contributed by atoms with Gasteiger partial charge in [0.05, 0.1) is 10.8 Å². The molecule has 24 heavy (non-hydrogen) atoms. The summed E-state index contributed by atoms with van der Waals surface area (Å²) in [6.45, 7) is 0.404. The predicted molar refractivity (Wildman–Crippen MR) is 80.6 cm³/mol. The normalized spacial score (nSPS) is 18.5. The van der Waals surface area contributed by atoms with Crippen LogP contribution in [0.4, 0.5) is 19.3 Å². The van der Waals surface area contributed by atoms with Crippen molar-refractivity contribution < 1.29 is 31.9 Å². The van der Waals surface area contributed by atoms with Crippen molar-refractivity contribution in [2.24, 2.45) is 5.92 Å². The number of hydrogen-bond acceptors (Lipinski definition) is 4. The van der Waals surface area contributed by atoms with Crippen LogP contribution in [0.1, 0.15) is 12.8 Å². The van der Waals surface area contributed by atoms with E-state index in [0.717, 1.165) is 12.1 Å². The maximum atomic E-state index is 12.6. The van der Waals surface area contributed by atoms with Gasteiger partial charge in [0, 0.05) is 18.8 Å². The number of hydrogen-bond donors (Lipinski definition) is 2. The molecule has 2 rings (SSSR count). The first-order valence-corrected chi connectivity index (χ1v) is 8.67. The van der Waals surface area contributed by atoms with E-state index in [9.17, 15) is 26.8 Å². The van der Waals surface area contributed by atoms with Crippen molar-refractivity contribution in [3.8, 4) is 0 Å². The van der Waals surface area contributed by atoms with E-state index in [2.05, 4.69) is 5.32 Å². The van der Waals surface area contributed by atoms with Crippen LogP contribution in [0.3, 0.4) is 0 Å². The number of likely N-dealkylation sites (tertiary alicyclic amines) is 1. The van der Waals surface area contributed by atoms with Crippen molar-refractivity contribution in [1.82, 2.24) is 4.90 Å². The van der Waals surface area contributed by atoms with Gasteiger partial charge < -0.3 is 15.3 Å². The van der Waals surface area contributed by atoms with Gasteiger partial charge in [0.2, 0.25) is 9.84 Å². The average molecular weight is 362 g/mol. The number of rotatable bonds is 4. The number of aliphatic carboxylic acids is 1. The zero-order valence-corrected chi connectivity index (χ0v) is 13.3. The highest BCUT2D eigenvalue weighted by Crippen LogP contribution is 2.22. The van der Waals surface area contributed by atoms with Gasteiger partial charge in [0.15, 0.2) is 0 Å². The highest BCUT2D eigenvalue weighted by atomic mass is 32.2. The summed E-state index contributed by atoms with van der Waals surface area (Å²) in [4.78, 5) is 23.9. The third-order valence-electron chi connectivity index (χ3n) is 3.71. The average Bonchev–Trinajstić information content (AvgIpc) is 2.55. The van der Waals surface area contributed by atoms with Gasteiger partial charge in [-0.3, -0.25) is 4.79 Å². The number of carbonyl (C=O) groups excluding carboxylic acids is 1. The van der Waals surface area contributed by atoms with Crippen LogP contribution in [0, 0.1) is 5.92 Å². The molecule has 1 aliphatic rings. The van der Waals surface area contributed by atoms with Gasteiger partial charge in [-0.05, 0) is 31.0 Å². The Balaban J connectivity index is 2.11. The first-order valence-electron chi connectivity index (χ1n) is 7.12. The van der Waals surface area contributed by atoms with Gasteiger partial charge in [-0.2, -0.15) is 8.78 Å². The third kappa shape index (κ3) is 3.99. The van der Waals surface area contributed by atoms with Crippen LogP contribution in [0.2, 0.25) is 0 Å². The second-order valence-electron chi connectivity index (χ2n) is 5.39. The number of piperidine rings is 1. The molecule has 2 N–H and O–H groups in total. The number of sulfone groups is 1. The minimum Gasteiger partial charge on any atom is -0.481 e. The molecule has 1 unspecified atom stereocenters. The fourth-order valence-electron chi connectivity index (χ4n) is 2.42. The van der Waals surface area contributed by atoms with Crippen molar-refractivity contribution in [2.45, 2.75) is 23.5 Å². The van der Waals surface area contributed by atoms with Gasteiger partial charge in [-0.1, -0.05) is 6.07 Å². The zero-order valence-electron chi connectivity index (χ0n) is 12.5. The lowest BCUT2D eigenvalue weighted by atomic mass is 9.99. The lowest BCUT2D eigenvalue weighted by molar-refractivity contribution is -0.143. The topological polar surface area (TPSA) is 104 Å². The smallest absolute Gasteiger partial charge is 0.341 e. The molecule has 0 bridgehead atoms. The number of amides is 2. The molecule has 1 heterocycles. The molecule has 1 saturated heterocycles. The summed E-state index contributed by atoms with van der Waals surface area (Å²) in [6.07, 6.45) is 1.01. The minimum absolute atomic E-state index is 0.0379. The molecule has 7 nitrogen and oxygen atoms in total. The van der Waals surface area contributed by atoms with Crippen LogP contribution in [-0.4, -0.2) is 49.3 Å². The largest absolute Gasteiger partial charge is 0.481 e. The molecule has 132 valence electrons. The van der Waals surface area contributed by atoms with Gasteiger partial charge in [0.1, 0.15) is 0 Å². The second kappa shape index (κ2) is 7.12. The fourth-order valence-corrected chi connectivity index (χ4v) is 3.18. The first-order chi connectivity index (χ1) is 11.2. The van der Waals surface area contributed by atoms with Crippen molar-refractivity contribution in [1.29, 1.82) is 0 Å². The van der Waals surface area contributed by atoms with E-state index in [1.165, 1.54) is 17.0 Å². The molecule has 1 atom stereocenters. The van der Waals surface area contributed by atoms with Gasteiger partial charge in [-0.15, -0.1) is 0 Å². The summed E-state index contributed by atoms with van der Waals surface area (Å²) in [5, 5.41) is 11.4. The van der Waals surface area contributed by atoms with E-state index in [0.29, 0.717) is 19.4 Å². The summed E-state index contributed by atoms with van der Waals surface area (Å²) < 4.78 is 48.0. The van der Waals surface area contributed by atoms with Crippen LogP contribution >= 0.6 is 0 Å². The summed E-state index contributed by atoms with van der Waals surface area (Å²) in [6, 6.07) is 3.95. The number of carboxylic acids is 1. The van der Waals surface area contributed by atoms with Gasteiger partial charge >= 0.3 is 17.8 Å². The van der Waals surface area contributed by atoms with Crippen LogP contribution < -0.4 is 5.32 Å². The highest BCUT2D eigenvalue weighted by molar-refractivity contribution is 7.91. The molecule has 1 aromatic rings. The number of alkyl halides is 2. The third-order valence-corrected chi connectivity index (χ3v) is 5.09. The van der Waals surface area contributed by atoms with Crippen molar-refractivity contribution in [3.05, 3.63) is 24.3 Å². The number of carboxylic acid groups (broad SMARTS) is 1. The number of carbonyl (C=O) groups is 2. The van der Waals surface area contributed by atoms with E-state index >= 15 is 0 Å². The Morgan fingerprint density at radius 2 is 2.04 bits per heavy atom. The number of nitrogens with zero attached hydrogens (tertiary/aromatic N) is 1. The Labute approximate surface area is 137 Å². The molecule has 0 radical (unpaired) electrons. The van der Waals surface area contributed by atoms with Crippen LogP contribution in [0.25, 0.3) is 0 Å². The van der Waals surface area contributed by atoms with Crippen LogP contribution in [-0.2, 0) is 14.6 Å². The SMILES string of the molecule is O=C(O)C1CCCN(C(=O)Nc2cccc(S(=O)(=O)C(F)F)c2)C1. The highest BCUT2D eigenvalue weighted by Gasteiger charge is 2.29. The van der Waals surface area contributed by atoms with Crippen LogP contribution in [0.5, 0.6) is 0 Å². The molecule has 1 aliphatic heterocycles. The summed E-state index contributed by atoms with van der Waals surface area (Å²) in [7, 11) is -4.76. The Bertz CT molecular complexity index is 738. The Morgan fingerprint density at radius 1 is 1.33 bits per heavy atom.